The summed E-state index contributed by atoms with van der Waals surface area (Å²) in [6, 6.07) is 37.7. The van der Waals surface area contributed by atoms with Gasteiger partial charge < -0.3 is 8.98 Å². The summed E-state index contributed by atoms with van der Waals surface area (Å²) in [5.41, 5.74) is 10.5. The molecule has 0 atom stereocenters. The Balaban J connectivity index is 1.23. The van der Waals surface area contributed by atoms with E-state index in [4.69, 9.17) is 11.0 Å². The van der Waals surface area contributed by atoms with Crippen LogP contribution in [0.5, 0.6) is 0 Å². The van der Waals surface area contributed by atoms with Crippen molar-refractivity contribution in [2.45, 2.75) is 0 Å². The van der Waals surface area contributed by atoms with E-state index in [1.807, 2.05) is 24.3 Å². The van der Waals surface area contributed by atoms with Crippen LogP contribution in [0.2, 0.25) is 0 Å². The zero-order valence-corrected chi connectivity index (χ0v) is 21.2. The molecule has 0 radical (unpaired) electrons. The van der Waals surface area contributed by atoms with Crippen LogP contribution in [-0.4, -0.2) is 14.5 Å². The molecular weight excluding hydrogens is 492 g/mol. The van der Waals surface area contributed by atoms with Crippen molar-refractivity contribution in [3.8, 4) is 27.9 Å². The third-order valence-electron chi connectivity index (χ3n) is 7.55. The zero-order valence-electron chi connectivity index (χ0n) is 21.2. The first kappa shape index (κ1) is 22.3. The van der Waals surface area contributed by atoms with Crippen LogP contribution in [0.4, 0.5) is 5.69 Å². The Morgan fingerprint density at radius 3 is 1.98 bits per heavy atom. The number of benzene rings is 5. The Morgan fingerprint density at radius 2 is 1.23 bits per heavy atom. The molecule has 186 valence electrons. The van der Waals surface area contributed by atoms with Crippen LogP contribution >= 0.6 is 0 Å². The van der Waals surface area contributed by atoms with Crippen LogP contribution in [0, 0.1) is 6.57 Å². The predicted octanol–water partition coefficient (Wildman–Crippen LogP) is 9.36. The third-order valence-corrected chi connectivity index (χ3v) is 7.55. The Labute approximate surface area is 229 Å². The van der Waals surface area contributed by atoms with E-state index in [0.717, 1.165) is 66.2 Å². The highest BCUT2D eigenvalue weighted by Crippen LogP contribution is 2.37. The molecule has 3 heterocycles. The molecule has 5 nitrogen and oxygen atoms in total. The van der Waals surface area contributed by atoms with Crippen molar-refractivity contribution in [3.05, 3.63) is 133 Å². The number of fused-ring (bicyclic) bond motifs is 6. The van der Waals surface area contributed by atoms with Gasteiger partial charge in [0, 0.05) is 28.9 Å². The maximum Gasteiger partial charge on any atom is 0.246 e. The average Bonchev–Trinajstić information content (AvgIpc) is 3.56. The fourth-order valence-electron chi connectivity index (χ4n) is 5.64. The second-order valence-corrected chi connectivity index (χ2v) is 9.82. The Hall–Kier alpha value is -5.73. The van der Waals surface area contributed by atoms with E-state index in [1.165, 1.54) is 0 Å². The van der Waals surface area contributed by atoms with Crippen LogP contribution in [-0.2, 0) is 0 Å². The Bertz CT molecular complexity index is 2270. The average molecular weight is 513 g/mol. The molecule has 0 aliphatic carbocycles. The van der Waals surface area contributed by atoms with Crippen LogP contribution < -0.4 is 0 Å². The van der Waals surface area contributed by atoms with Crippen LogP contribution in [0.1, 0.15) is 0 Å². The normalized spacial score (nSPS) is 11.5. The molecule has 0 unspecified atom stereocenters. The van der Waals surface area contributed by atoms with Gasteiger partial charge in [-0.3, -0.25) is 0 Å². The number of furan rings is 1. The van der Waals surface area contributed by atoms with Crippen molar-refractivity contribution < 1.29 is 4.42 Å². The highest BCUT2D eigenvalue weighted by Gasteiger charge is 2.14. The number of nitrogens with zero attached hydrogens (tertiary/aromatic N) is 4. The van der Waals surface area contributed by atoms with E-state index in [1.54, 1.807) is 12.4 Å². The van der Waals surface area contributed by atoms with Gasteiger partial charge in [0.1, 0.15) is 11.1 Å². The van der Waals surface area contributed by atoms with Gasteiger partial charge in [-0.1, -0.05) is 60.7 Å². The van der Waals surface area contributed by atoms with E-state index in [2.05, 4.69) is 104 Å². The summed E-state index contributed by atoms with van der Waals surface area (Å²) in [6.07, 6.45) is 3.33. The zero-order chi connectivity index (χ0) is 26.6. The minimum absolute atomic E-state index is 0.553. The van der Waals surface area contributed by atoms with E-state index < -0.39 is 0 Å². The maximum atomic E-state index is 7.55. The van der Waals surface area contributed by atoms with Crippen molar-refractivity contribution in [2.75, 3.05) is 0 Å². The molecule has 8 rings (SSSR count). The molecule has 0 spiro atoms. The van der Waals surface area contributed by atoms with E-state index >= 15 is 0 Å². The first-order valence-electron chi connectivity index (χ1n) is 13.0. The third kappa shape index (κ3) is 3.40. The lowest BCUT2D eigenvalue weighted by atomic mass is 9.98. The summed E-state index contributed by atoms with van der Waals surface area (Å²) in [7, 11) is 0. The highest BCUT2D eigenvalue weighted by atomic mass is 16.3. The highest BCUT2D eigenvalue weighted by molar-refractivity contribution is 6.11. The second kappa shape index (κ2) is 8.65. The first-order chi connectivity index (χ1) is 19.8. The SMILES string of the molecule is [C-]#[N+]c1ccc2c(c1)c1cc(-c3ccc(-c4ccc5oc6nccnc6c5c4)cc3)ccc1n2-c1ccccc1. The van der Waals surface area contributed by atoms with Gasteiger partial charge >= 0.3 is 0 Å². The van der Waals surface area contributed by atoms with Gasteiger partial charge in [-0.05, 0) is 76.2 Å². The molecule has 8 aromatic rings. The molecule has 5 aromatic carbocycles. The lowest BCUT2D eigenvalue weighted by Crippen LogP contribution is -1.92. The van der Waals surface area contributed by atoms with Crippen molar-refractivity contribution in [3.63, 3.8) is 0 Å². The van der Waals surface area contributed by atoms with Crippen LogP contribution in [0.15, 0.2) is 126 Å². The van der Waals surface area contributed by atoms with Crippen molar-refractivity contribution in [2.24, 2.45) is 0 Å². The molecule has 5 heteroatoms. The monoisotopic (exact) mass is 512 g/mol. The van der Waals surface area contributed by atoms with Gasteiger partial charge in [-0.25, -0.2) is 14.8 Å². The molecule has 0 saturated carbocycles. The van der Waals surface area contributed by atoms with Crippen molar-refractivity contribution in [1.29, 1.82) is 0 Å². The summed E-state index contributed by atoms with van der Waals surface area (Å²) in [5, 5.41) is 3.17. The van der Waals surface area contributed by atoms with Crippen molar-refractivity contribution >= 4 is 49.7 Å². The number of hydrogen-bond donors (Lipinski definition) is 0. The molecule has 0 N–H and O–H groups in total. The quantitative estimate of drug-likeness (QED) is 0.222. The van der Waals surface area contributed by atoms with E-state index in [9.17, 15) is 0 Å². The summed E-state index contributed by atoms with van der Waals surface area (Å²) in [5.74, 6) is 0. The van der Waals surface area contributed by atoms with Gasteiger partial charge in [0.05, 0.1) is 17.6 Å². The summed E-state index contributed by atoms with van der Waals surface area (Å²) >= 11 is 0. The number of hydrogen-bond acceptors (Lipinski definition) is 3. The largest absolute Gasteiger partial charge is 0.436 e. The number of para-hydroxylation sites is 1. The number of aromatic nitrogens is 3. The predicted molar refractivity (Wildman–Crippen MR) is 161 cm³/mol. The Morgan fingerprint density at radius 1 is 0.600 bits per heavy atom. The second-order valence-electron chi connectivity index (χ2n) is 9.82. The van der Waals surface area contributed by atoms with E-state index in [-0.39, 0.29) is 0 Å². The lowest BCUT2D eigenvalue weighted by molar-refractivity contribution is 0.653. The lowest BCUT2D eigenvalue weighted by Gasteiger charge is -2.08. The van der Waals surface area contributed by atoms with Gasteiger partial charge in [0.25, 0.3) is 0 Å². The molecule has 40 heavy (non-hydrogen) atoms. The first-order valence-corrected chi connectivity index (χ1v) is 13.0. The van der Waals surface area contributed by atoms with E-state index in [0.29, 0.717) is 11.4 Å². The summed E-state index contributed by atoms with van der Waals surface area (Å²) in [6.45, 7) is 7.55. The van der Waals surface area contributed by atoms with Gasteiger partial charge in [-0.2, -0.15) is 0 Å². The molecule has 0 aliphatic rings. The minimum atomic E-state index is 0.553. The van der Waals surface area contributed by atoms with Crippen LogP contribution in [0.3, 0.4) is 0 Å². The standard InChI is InChI=1S/C35H20N4O/c1-36-26-13-15-32-29(21-26)28-19-24(11-14-31(28)39(32)27-5-3-2-4-6-27)22-7-9-23(10-8-22)25-12-16-33-30(20-25)34-35(40-33)38-18-17-37-34/h2-21H. The molecule has 0 amide bonds. The topological polar surface area (TPSA) is 48.2 Å². The molecule has 0 saturated heterocycles. The maximum absolute atomic E-state index is 7.55. The smallest absolute Gasteiger partial charge is 0.246 e. The van der Waals surface area contributed by atoms with Gasteiger partial charge in [0.15, 0.2) is 5.69 Å². The fraction of sp³-hybridized carbons (Fsp3) is 0. The fourth-order valence-corrected chi connectivity index (χ4v) is 5.64. The summed E-state index contributed by atoms with van der Waals surface area (Å²) in [4.78, 5) is 12.4. The molecule has 3 aromatic heterocycles. The molecule has 0 fully saturated rings. The Kier molecular flexibility index (Phi) is 4.82. The van der Waals surface area contributed by atoms with Crippen LogP contribution in [0.25, 0.3) is 76.8 Å². The number of rotatable bonds is 3. The van der Waals surface area contributed by atoms with Gasteiger partial charge in [-0.15, -0.1) is 0 Å². The molecular formula is C35H20N4O. The summed E-state index contributed by atoms with van der Waals surface area (Å²) < 4.78 is 8.11. The van der Waals surface area contributed by atoms with Crippen molar-refractivity contribution in [1.82, 2.24) is 14.5 Å². The molecule has 0 bridgehead atoms. The molecule has 0 aliphatic heterocycles. The van der Waals surface area contributed by atoms with Gasteiger partial charge in [0.2, 0.25) is 5.71 Å². The minimum Gasteiger partial charge on any atom is -0.436 e.